The van der Waals surface area contributed by atoms with Gasteiger partial charge in [-0.1, -0.05) is 51.5 Å². The molecule has 3 heteroatoms. The second-order valence-corrected chi connectivity index (χ2v) is 12.6. The van der Waals surface area contributed by atoms with Crippen molar-refractivity contribution in [3.05, 3.63) is 23.8 Å². The first-order chi connectivity index (χ1) is 14.4. The fraction of sp³-hybridized carbons (Fsp3) is 0.821. The molecular formula is C28H44O3. The van der Waals surface area contributed by atoms with Crippen LogP contribution in [0.4, 0.5) is 0 Å². The summed E-state index contributed by atoms with van der Waals surface area (Å²) in [5, 5.41) is 23.2. The highest BCUT2D eigenvalue weighted by atomic mass is 16.3. The number of allylic oxidation sites excluding steroid dienone is 3. The number of carbonyl (C=O) groups is 1. The molecule has 31 heavy (non-hydrogen) atoms. The Morgan fingerprint density at radius 2 is 2.00 bits per heavy atom. The van der Waals surface area contributed by atoms with Crippen LogP contribution in [0.2, 0.25) is 0 Å². The van der Waals surface area contributed by atoms with E-state index < -0.39 is 11.7 Å². The number of ketones is 1. The van der Waals surface area contributed by atoms with E-state index in [2.05, 4.69) is 52.8 Å². The monoisotopic (exact) mass is 428 g/mol. The zero-order valence-electron chi connectivity index (χ0n) is 20.5. The van der Waals surface area contributed by atoms with Crippen LogP contribution in [-0.4, -0.2) is 27.7 Å². The highest BCUT2D eigenvalue weighted by Crippen LogP contribution is 2.67. The average molecular weight is 429 g/mol. The Morgan fingerprint density at radius 1 is 1.29 bits per heavy atom. The number of rotatable bonds is 4. The summed E-state index contributed by atoms with van der Waals surface area (Å²) in [4.78, 5) is 13.5. The largest absolute Gasteiger partial charge is 0.393 e. The molecule has 0 aromatic heterocycles. The Hall–Kier alpha value is -0.930. The summed E-state index contributed by atoms with van der Waals surface area (Å²) in [6.45, 7) is 13.0. The van der Waals surface area contributed by atoms with E-state index in [0.717, 1.165) is 32.1 Å². The molecule has 174 valence electrons. The first-order valence-corrected chi connectivity index (χ1v) is 12.7. The van der Waals surface area contributed by atoms with Crippen LogP contribution < -0.4 is 0 Å². The maximum absolute atomic E-state index is 13.5. The van der Waals surface area contributed by atoms with E-state index in [0.29, 0.717) is 30.5 Å². The van der Waals surface area contributed by atoms with Gasteiger partial charge in [-0.25, -0.2) is 0 Å². The van der Waals surface area contributed by atoms with Crippen molar-refractivity contribution in [2.75, 3.05) is 0 Å². The van der Waals surface area contributed by atoms with Gasteiger partial charge in [0, 0.05) is 18.3 Å². The molecule has 2 N–H and O–H groups in total. The number of hydrogen-bond donors (Lipinski definition) is 2. The lowest BCUT2D eigenvalue weighted by Crippen LogP contribution is -2.61. The molecule has 0 bridgehead atoms. The molecule has 0 aromatic carbocycles. The maximum Gasteiger partial charge on any atom is 0.136 e. The summed E-state index contributed by atoms with van der Waals surface area (Å²) < 4.78 is 0. The first kappa shape index (κ1) is 23.2. The first-order valence-electron chi connectivity index (χ1n) is 12.7. The molecule has 4 aliphatic rings. The van der Waals surface area contributed by atoms with Crippen LogP contribution in [0.15, 0.2) is 23.8 Å². The summed E-state index contributed by atoms with van der Waals surface area (Å²) in [6, 6.07) is 0. The van der Waals surface area contributed by atoms with Gasteiger partial charge in [0.1, 0.15) is 5.78 Å². The van der Waals surface area contributed by atoms with Crippen LogP contribution in [0.25, 0.3) is 0 Å². The van der Waals surface area contributed by atoms with Crippen LogP contribution in [0.3, 0.4) is 0 Å². The molecule has 9 atom stereocenters. The smallest absolute Gasteiger partial charge is 0.136 e. The minimum Gasteiger partial charge on any atom is -0.393 e. The van der Waals surface area contributed by atoms with Gasteiger partial charge in [0.05, 0.1) is 11.7 Å². The van der Waals surface area contributed by atoms with E-state index in [-0.39, 0.29) is 34.5 Å². The van der Waals surface area contributed by atoms with E-state index >= 15 is 0 Å². The van der Waals surface area contributed by atoms with Gasteiger partial charge in [0.15, 0.2) is 0 Å². The zero-order valence-corrected chi connectivity index (χ0v) is 20.5. The molecule has 3 saturated carbocycles. The third-order valence-electron chi connectivity index (χ3n) is 9.84. The van der Waals surface area contributed by atoms with Crippen molar-refractivity contribution in [3.63, 3.8) is 0 Å². The van der Waals surface area contributed by atoms with Crippen LogP contribution in [-0.2, 0) is 4.79 Å². The quantitative estimate of drug-likeness (QED) is 0.564. The van der Waals surface area contributed by atoms with Crippen LogP contribution in [0.5, 0.6) is 0 Å². The summed E-state index contributed by atoms with van der Waals surface area (Å²) in [5.74, 6) is 1.60. The number of carbonyl (C=O) groups excluding carboxylic acids is 1. The van der Waals surface area contributed by atoms with Crippen molar-refractivity contribution in [2.45, 2.75) is 98.2 Å². The fourth-order valence-corrected chi connectivity index (χ4v) is 8.87. The summed E-state index contributed by atoms with van der Waals surface area (Å²) in [5.41, 5.74) is 0.0314. The molecule has 0 aromatic rings. The van der Waals surface area contributed by atoms with Gasteiger partial charge >= 0.3 is 0 Å². The van der Waals surface area contributed by atoms with Crippen molar-refractivity contribution in [1.82, 2.24) is 0 Å². The van der Waals surface area contributed by atoms with Gasteiger partial charge in [-0.3, -0.25) is 4.79 Å². The Kier molecular flexibility index (Phi) is 5.87. The van der Waals surface area contributed by atoms with Crippen LogP contribution in [0.1, 0.15) is 86.5 Å². The summed E-state index contributed by atoms with van der Waals surface area (Å²) >= 11 is 0. The lowest BCUT2D eigenvalue weighted by Gasteiger charge is -2.60. The van der Waals surface area contributed by atoms with Gasteiger partial charge < -0.3 is 10.2 Å². The van der Waals surface area contributed by atoms with Crippen molar-refractivity contribution in [2.24, 2.45) is 46.3 Å². The summed E-state index contributed by atoms with van der Waals surface area (Å²) in [7, 11) is 0. The van der Waals surface area contributed by atoms with E-state index in [4.69, 9.17) is 0 Å². The molecule has 0 aliphatic heterocycles. The molecule has 0 spiro atoms. The van der Waals surface area contributed by atoms with E-state index in [1.54, 1.807) is 0 Å². The number of aliphatic hydroxyl groups is 2. The number of aliphatic hydroxyl groups excluding tert-OH is 1. The molecule has 3 fully saturated rings. The second kappa shape index (κ2) is 7.83. The SMILES string of the molecule is C/C(=C\[C@@](C)(O)[C@H]1CC[C@H]2[C@@H]3C(=O)C[C@@H]4CCC=C[C@]4(C)[C@H]3[C@@H](O)C[C@@]21C)CC(C)C. The number of Topliss-reactive ketones (excluding diaryl/α,β-unsaturated/α-hetero) is 1. The zero-order chi connectivity index (χ0) is 22.8. The normalized spacial score (nSPS) is 47.0. The maximum atomic E-state index is 13.5. The molecule has 4 aliphatic carbocycles. The van der Waals surface area contributed by atoms with E-state index in [1.165, 1.54) is 5.57 Å². The van der Waals surface area contributed by atoms with Gasteiger partial charge in [-0.2, -0.15) is 0 Å². The minimum absolute atomic E-state index is 0.0234. The lowest BCUT2D eigenvalue weighted by atomic mass is 9.44. The Labute approximate surface area is 189 Å². The van der Waals surface area contributed by atoms with Crippen molar-refractivity contribution < 1.29 is 15.0 Å². The van der Waals surface area contributed by atoms with Gasteiger partial charge in [0.2, 0.25) is 0 Å². The Bertz CT molecular complexity index is 777. The molecule has 0 unspecified atom stereocenters. The highest BCUT2D eigenvalue weighted by molar-refractivity contribution is 5.84. The molecular weight excluding hydrogens is 384 g/mol. The highest BCUT2D eigenvalue weighted by Gasteiger charge is 2.66. The van der Waals surface area contributed by atoms with Crippen LogP contribution >= 0.6 is 0 Å². The topological polar surface area (TPSA) is 57.5 Å². The Morgan fingerprint density at radius 3 is 2.68 bits per heavy atom. The van der Waals surface area contributed by atoms with Gasteiger partial charge in [-0.05, 0) is 86.9 Å². The van der Waals surface area contributed by atoms with E-state index in [9.17, 15) is 15.0 Å². The van der Waals surface area contributed by atoms with Gasteiger partial charge in [0.25, 0.3) is 0 Å². The third kappa shape index (κ3) is 3.68. The molecule has 3 nitrogen and oxygen atoms in total. The lowest BCUT2D eigenvalue weighted by molar-refractivity contribution is -0.173. The molecule has 0 heterocycles. The van der Waals surface area contributed by atoms with Crippen molar-refractivity contribution in [3.8, 4) is 0 Å². The third-order valence-corrected chi connectivity index (χ3v) is 9.84. The molecule has 0 saturated heterocycles. The predicted octanol–water partition coefficient (Wildman–Crippen LogP) is 5.70. The molecule has 0 radical (unpaired) electrons. The van der Waals surface area contributed by atoms with Crippen molar-refractivity contribution >= 4 is 5.78 Å². The van der Waals surface area contributed by atoms with Crippen molar-refractivity contribution in [1.29, 1.82) is 0 Å². The van der Waals surface area contributed by atoms with Gasteiger partial charge in [-0.15, -0.1) is 0 Å². The predicted molar refractivity (Wildman–Crippen MR) is 125 cm³/mol. The standard InChI is InChI=1S/C28H44O3/c1-17(2)13-18(3)15-28(6,31)23-11-10-20-24-21(29)14-19-9-7-8-12-26(19,4)25(24)22(30)16-27(20,23)5/h8,12,15,17,19-20,22-25,30-31H,7,9-11,13-14,16H2,1-6H3/b18-15+/t19-,20-,22-,23-,24+,25-,26-,27-,28+/m0/s1. The van der Waals surface area contributed by atoms with E-state index in [1.807, 2.05) is 6.92 Å². The molecule has 4 rings (SSSR count). The van der Waals surface area contributed by atoms with Crippen LogP contribution in [0, 0.1) is 46.3 Å². The Balaban J connectivity index is 1.67. The number of fused-ring (bicyclic) bond motifs is 5. The number of hydrogen-bond acceptors (Lipinski definition) is 3. The minimum atomic E-state index is -0.913. The summed E-state index contributed by atoms with van der Waals surface area (Å²) in [6.07, 6.45) is 12.6. The molecule has 0 amide bonds. The fourth-order valence-electron chi connectivity index (χ4n) is 8.87. The second-order valence-electron chi connectivity index (χ2n) is 12.6. The average Bonchev–Trinajstić information content (AvgIpc) is 2.98.